The summed E-state index contributed by atoms with van der Waals surface area (Å²) in [7, 11) is 1.68. The summed E-state index contributed by atoms with van der Waals surface area (Å²) < 4.78 is 5.22. The molecule has 35 heavy (non-hydrogen) atoms. The van der Waals surface area contributed by atoms with Crippen LogP contribution in [0.2, 0.25) is 0 Å². The van der Waals surface area contributed by atoms with Gasteiger partial charge in [0.2, 0.25) is 0 Å². The van der Waals surface area contributed by atoms with Gasteiger partial charge in [0.15, 0.2) is 0 Å². The van der Waals surface area contributed by atoms with Crippen molar-refractivity contribution >= 4 is 22.9 Å². The third-order valence-corrected chi connectivity index (χ3v) is 6.66. The van der Waals surface area contributed by atoms with Gasteiger partial charge in [-0.3, -0.25) is 14.7 Å². The molecule has 2 aromatic heterocycles. The number of methoxy groups -OCH3 is 1. The number of amides is 1. The lowest BCUT2D eigenvalue weighted by atomic mass is 9.95. The fourth-order valence-corrected chi connectivity index (χ4v) is 4.68. The molecule has 0 atom stereocenters. The predicted octanol–water partition coefficient (Wildman–Crippen LogP) is 4.88. The number of benzene rings is 2. The number of aromatic nitrogens is 2. The van der Waals surface area contributed by atoms with Crippen LogP contribution in [0, 0.1) is 6.92 Å². The van der Waals surface area contributed by atoms with Crippen molar-refractivity contribution < 1.29 is 9.53 Å². The van der Waals surface area contributed by atoms with Gasteiger partial charge in [-0.25, -0.2) is 0 Å². The number of aryl methyl sites for hydroxylation is 1. The van der Waals surface area contributed by atoms with E-state index < -0.39 is 0 Å². The number of H-pyrrole nitrogens is 1. The lowest BCUT2D eigenvalue weighted by Gasteiger charge is -2.29. The number of nitrogens with one attached hydrogen (secondary N) is 2. The van der Waals surface area contributed by atoms with E-state index in [-0.39, 0.29) is 5.91 Å². The minimum atomic E-state index is -0.0979. The molecule has 2 N–H and O–H groups in total. The highest BCUT2D eigenvalue weighted by molar-refractivity contribution is 5.97. The lowest BCUT2D eigenvalue weighted by molar-refractivity contribution is 0.0946. The van der Waals surface area contributed by atoms with Gasteiger partial charge in [-0.05, 0) is 59.9 Å². The number of hydrogen-bond donors (Lipinski definition) is 2. The van der Waals surface area contributed by atoms with Crippen molar-refractivity contribution in [3.05, 3.63) is 101 Å². The van der Waals surface area contributed by atoms with Gasteiger partial charge in [0.1, 0.15) is 11.4 Å². The van der Waals surface area contributed by atoms with Crippen molar-refractivity contribution in [3.63, 3.8) is 0 Å². The molecule has 1 aliphatic heterocycles. The molecule has 5 rings (SSSR count). The molecule has 6 heteroatoms. The zero-order valence-corrected chi connectivity index (χ0v) is 20.2. The van der Waals surface area contributed by atoms with E-state index in [0.717, 1.165) is 59.5 Å². The van der Waals surface area contributed by atoms with Crippen LogP contribution in [-0.4, -0.2) is 41.0 Å². The Hall–Kier alpha value is -3.90. The Labute approximate surface area is 205 Å². The number of aromatic amines is 1. The largest absolute Gasteiger partial charge is 0.497 e. The first-order chi connectivity index (χ1) is 17.1. The molecule has 0 radical (unpaired) electrons. The van der Waals surface area contributed by atoms with Crippen LogP contribution in [-0.2, 0) is 19.5 Å². The predicted molar refractivity (Wildman–Crippen MR) is 139 cm³/mol. The van der Waals surface area contributed by atoms with E-state index >= 15 is 0 Å². The molecule has 178 valence electrons. The summed E-state index contributed by atoms with van der Waals surface area (Å²) in [5.41, 5.74) is 7.40. The second-order valence-corrected chi connectivity index (χ2v) is 8.94. The van der Waals surface area contributed by atoms with Crippen molar-refractivity contribution in [2.45, 2.75) is 26.4 Å². The SMILES string of the molecule is COc1ccc(C=CCN2CCc3c(cnc(C)c3CNC(=O)c3cc4ccccc4[nH]3)C2)cc1. The summed E-state index contributed by atoms with van der Waals surface area (Å²) in [5.74, 6) is 0.769. The molecular weight excluding hydrogens is 436 g/mol. The van der Waals surface area contributed by atoms with Gasteiger partial charge in [-0.2, -0.15) is 0 Å². The minimum absolute atomic E-state index is 0.0979. The van der Waals surface area contributed by atoms with Gasteiger partial charge < -0.3 is 15.0 Å². The molecule has 0 bridgehead atoms. The van der Waals surface area contributed by atoms with Gasteiger partial charge in [-0.15, -0.1) is 0 Å². The van der Waals surface area contributed by atoms with Gasteiger partial charge in [0, 0.05) is 49.0 Å². The molecule has 3 heterocycles. The number of hydrogen-bond acceptors (Lipinski definition) is 4. The molecule has 4 aromatic rings. The normalized spacial score (nSPS) is 13.8. The summed E-state index contributed by atoms with van der Waals surface area (Å²) in [6.45, 7) is 5.22. The quantitative estimate of drug-likeness (QED) is 0.407. The Morgan fingerprint density at radius 3 is 2.83 bits per heavy atom. The number of nitrogens with zero attached hydrogens (tertiary/aromatic N) is 2. The number of carbonyl (C=O) groups excluding carboxylic acids is 1. The van der Waals surface area contributed by atoms with Crippen molar-refractivity contribution in [2.24, 2.45) is 0 Å². The fraction of sp³-hybridized carbons (Fsp3) is 0.241. The third-order valence-electron chi connectivity index (χ3n) is 6.66. The first-order valence-electron chi connectivity index (χ1n) is 12.0. The zero-order chi connectivity index (χ0) is 24.2. The van der Waals surface area contributed by atoms with Crippen molar-refractivity contribution in [1.29, 1.82) is 0 Å². The molecule has 0 spiro atoms. The molecule has 6 nitrogen and oxygen atoms in total. The maximum Gasteiger partial charge on any atom is 0.267 e. The Bertz CT molecular complexity index is 1340. The first-order valence-corrected chi connectivity index (χ1v) is 12.0. The summed E-state index contributed by atoms with van der Waals surface area (Å²) >= 11 is 0. The van der Waals surface area contributed by atoms with Gasteiger partial charge in [0.25, 0.3) is 5.91 Å². The molecule has 1 aliphatic rings. The summed E-state index contributed by atoms with van der Waals surface area (Å²) in [5, 5.41) is 4.13. The van der Waals surface area contributed by atoms with Gasteiger partial charge >= 0.3 is 0 Å². The summed E-state index contributed by atoms with van der Waals surface area (Å²) in [6, 6.07) is 17.9. The smallest absolute Gasteiger partial charge is 0.267 e. The van der Waals surface area contributed by atoms with Crippen LogP contribution in [0.5, 0.6) is 5.75 Å². The monoisotopic (exact) mass is 466 g/mol. The number of ether oxygens (including phenoxy) is 1. The van der Waals surface area contributed by atoms with Gasteiger partial charge in [0.05, 0.1) is 7.11 Å². The molecule has 0 saturated heterocycles. The van der Waals surface area contributed by atoms with Crippen LogP contribution < -0.4 is 10.1 Å². The number of pyridine rings is 1. The van der Waals surface area contributed by atoms with Crippen molar-refractivity contribution in [1.82, 2.24) is 20.2 Å². The third kappa shape index (κ3) is 5.12. The average molecular weight is 467 g/mol. The summed E-state index contributed by atoms with van der Waals surface area (Å²) in [4.78, 5) is 23.1. The fourth-order valence-electron chi connectivity index (χ4n) is 4.68. The Balaban J connectivity index is 1.22. The standard InChI is InChI=1S/C29H30N4O2/c1-20-26(18-31-29(34)28-16-22-7-3-4-8-27(22)32-28)25-13-15-33(19-23(25)17-30-20)14-5-6-21-9-11-24(35-2)12-10-21/h3-12,16-17,32H,13-15,18-19H2,1-2H3,(H,31,34). The lowest BCUT2D eigenvalue weighted by Crippen LogP contribution is -2.33. The van der Waals surface area contributed by atoms with E-state index in [0.29, 0.717) is 12.2 Å². The Kier molecular flexibility index (Phi) is 6.64. The maximum absolute atomic E-state index is 12.8. The van der Waals surface area contributed by atoms with E-state index in [9.17, 15) is 4.79 Å². The Morgan fingerprint density at radius 2 is 2.03 bits per heavy atom. The Morgan fingerprint density at radius 1 is 1.20 bits per heavy atom. The molecular formula is C29H30N4O2. The van der Waals surface area contributed by atoms with E-state index in [1.165, 1.54) is 11.1 Å². The maximum atomic E-state index is 12.8. The molecule has 0 fully saturated rings. The van der Waals surface area contributed by atoms with E-state index in [2.05, 4.69) is 44.5 Å². The number of fused-ring (bicyclic) bond motifs is 2. The highest BCUT2D eigenvalue weighted by Gasteiger charge is 2.21. The van der Waals surface area contributed by atoms with Crippen molar-refractivity contribution in [3.8, 4) is 5.75 Å². The second-order valence-electron chi connectivity index (χ2n) is 8.94. The van der Waals surface area contributed by atoms with Gasteiger partial charge in [-0.1, -0.05) is 42.5 Å². The highest BCUT2D eigenvalue weighted by atomic mass is 16.5. The van der Waals surface area contributed by atoms with Crippen LogP contribution in [0.15, 0.2) is 66.9 Å². The van der Waals surface area contributed by atoms with Crippen molar-refractivity contribution in [2.75, 3.05) is 20.2 Å². The van der Waals surface area contributed by atoms with E-state index in [1.807, 2.05) is 55.6 Å². The topological polar surface area (TPSA) is 70.2 Å². The highest BCUT2D eigenvalue weighted by Crippen LogP contribution is 2.24. The average Bonchev–Trinajstić information content (AvgIpc) is 3.33. The summed E-state index contributed by atoms with van der Waals surface area (Å²) in [6.07, 6.45) is 7.29. The van der Waals surface area contributed by atoms with Crippen LogP contribution in [0.1, 0.15) is 38.4 Å². The van der Waals surface area contributed by atoms with E-state index in [1.54, 1.807) is 7.11 Å². The molecule has 1 amide bonds. The number of carbonyl (C=O) groups is 1. The van der Waals surface area contributed by atoms with Crippen LogP contribution in [0.25, 0.3) is 17.0 Å². The zero-order valence-electron chi connectivity index (χ0n) is 20.2. The molecule has 0 aliphatic carbocycles. The second kappa shape index (κ2) is 10.2. The van der Waals surface area contributed by atoms with Crippen LogP contribution >= 0.6 is 0 Å². The van der Waals surface area contributed by atoms with E-state index in [4.69, 9.17) is 4.74 Å². The molecule has 2 aromatic carbocycles. The van der Waals surface area contributed by atoms with Crippen LogP contribution in [0.4, 0.5) is 0 Å². The minimum Gasteiger partial charge on any atom is -0.497 e. The first kappa shape index (κ1) is 22.9. The molecule has 0 saturated carbocycles. The number of rotatable bonds is 7. The molecule has 0 unspecified atom stereocenters. The number of para-hydroxylation sites is 1. The van der Waals surface area contributed by atoms with Crippen LogP contribution in [0.3, 0.4) is 0 Å².